The largest absolute Gasteiger partial charge is 0.293 e. The van der Waals surface area contributed by atoms with E-state index in [0.717, 1.165) is 0 Å². The lowest BCUT2D eigenvalue weighted by molar-refractivity contribution is 0.102. The molecule has 0 N–H and O–H groups in total. The number of thioether (sulfide) groups is 1. The Morgan fingerprint density at radius 1 is 1.17 bits per heavy atom. The number of rotatable bonds is 5. The van der Waals surface area contributed by atoms with Crippen molar-refractivity contribution in [1.29, 1.82) is 0 Å². The van der Waals surface area contributed by atoms with E-state index in [9.17, 15) is 9.18 Å². The second kappa shape index (κ2) is 7.16. The summed E-state index contributed by atoms with van der Waals surface area (Å²) < 4.78 is 15.8. The number of carbonyl (C=O) groups is 1. The molecule has 0 bridgehead atoms. The first-order valence-electron chi connectivity index (χ1n) is 6.70. The Hall–Kier alpha value is -1.83. The lowest BCUT2D eigenvalue weighted by atomic mass is 10.2. The molecule has 0 atom stereocenters. The third kappa shape index (κ3) is 3.93. The number of benzene rings is 2. The lowest BCUT2D eigenvalue weighted by Crippen LogP contribution is -2.02. The molecule has 0 amide bonds. The predicted molar refractivity (Wildman–Crippen MR) is 93.7 cm³/mol. The first-order valence-corrected chi connectivity index (χ1v) is 8.92. The Balaban J connectivity index is 1.73. The maximum Gasteiger partial charge on any atom is 0.184 e. The molecule has 0 aliphatic heterocycles. The molecule has 3 rings (SSSR count). The van der Waals surface area contributed by atoms with E-state index in [1.54, 1.807) is 28.9 Å². The molecule has 0 saturated heterocycles. The van der Waals surface area contributed by atoms with Crippen LogP contribution >= 0.6 is 35.3 Å². The Bertz CT molecular complexity index is 872. The summed E-state index contributed by atoms with van der Waals surface area (Å²) in [6, 6.07) is 15.1. The molecular weight excluding hydrogens is 351 g/mol. The smallest absolute Gasteiger partial charge is 0.184 e. The number of Topliss-reactive ketones (excluding diaryl/α,β-unsaturated/α-hetero) is 1. The van der Waals surface area contributed by atoms with Gasteiger partial charge >= 0.3 is 0 Å². The van der Waals surface area contributed by atoms with Gasteiger partial charge in [-0.05, 0) is 36.5 Å². The minimum absolute atomic E-state index is 0.0463. The fourth-order valence-electron chi connectivity index (χ4n) is 1.90. The molecule has 0 aliphatic carbocycles. The van der Waals surface area contributed by atoms with Crippen LogP contribution in [0.5, 0.6) is 0 Å². The highest BCUT2D eigenvalue weighted by atomic mass is 32.2. The lowest BCUT2D eigenvalue weighted by Gasteiger charge is -2.00. The van der Waals surface area contributed by atoms with Crippen LogP contribution in [0.1, 0.15) is 10.4 Å². The first kappa shape index (κ1) is 16.0. The van der Waals surface area contributed by atoms with E-state index < -0.39 is 0 Å². The molecule has 1 heterocycles. The summed E-state index contributed by atoms with van der Waals surface area (Å²) in [7, 11) is 0. The van der Waals surface area contributed by atoms with Gasteiger partial charge < -0.3 is 0 Å². The zero-order valence-corrected chi connectivity index (χ0v) is 14.3. The summed E-state index contributed by atoms with van der Waals surface area (Å²) in [6.07, 6.45) is 0. The summed E-state index contributed by atoms with van der Waals surface area (Å²) in [5, 5.41) is 4.39. The van der Waals surface area contributed by atoms with Gasteiger partial charge in [0.05, 0.1) is 11.4 Å². The molecule has 0 unspecified atom stereocenters. The van der Waals surface area contributed by atoms with Gasteiger partial charge in [-0.15, -0.1) is 5.10 Å². The van der Waals surface area contributed by atoms with Crippen molar-refractivity contribution in [3.63, 3.8) is 0 Å². The van der Waals surface area contributed by atoms with E-state index in [1.807, 2.05) is 18.2 Å². The molecule has 3 aromatic rings. The minimum atomic E-state index is -0.307. The second-order valence-corrected chi connectivity index (χ2v) is 7.45. The maximum atomic E-state index is 13.0. The van der Waals surface area contributed by atoms with E-state index in [-0.39, 0.29) is 11.6 Å². The third-order valence-corrected chi connectivity index (χ3v) is 5.39. The van der Waals surface area contributed by atoms with Crippen molar-refractivity contribution >= 4 is 41.1 Å². The zero-order chi connectivity index (χ0) is 16.2. The Morgan fingerprint density at radius 3 is 2.57 bits per heavy atom. The van der Waals surface area contributed by atoms with Gasteiger partial charge in [0.1, 0.15) is 5.82 Å². The highest BCUT2D eigenvalue weighted by Crippen LogP contribution is 2.25. The molecule has 1 aromatic heterocycles. The number of halogens is 1. The van der Waals surface area contributed by atoms with Crippen molar-refractivity contribution in [2.75, 3.05) is 5.75 Å². The minimum Gasteiger partial charge on any atom is -0.293 e. The summed E-state index contributed by atoms with van der Waals surface area (Å²) in [4.78, 5) is 12.1. The predicted octanol–water partition coefficient (Wildman–Crippen LogP) is 4.78. The van der Waals surface area contributed by atoms with Crippen molar-refractivity contribution in [2.45, 2.75) is 4.34 Å². The summed E-state index contributed by atoms with van der Waals surface area (Å²) in [5.41, 5.74) is 1.38. The number of aromatic nitrogens is 2. The maximum absolute atomic E-state index is 13.0. The quantitative estimate of drug-likeness (QED) is 0.372. The van der Waals surface area contributed by atoms with Gasteiger partial charge in [0.25, 0.3) is 0 Å². The monoisotopic (exact) mass is 362 g/mol. The SMILES string of the molecule is O=C(CSc1nn(-c2ccc(F)cc2)c(=S)s1)c1ccccc1. The van der Waals surface area contributed by atoms with Gasteiger partial charge in [-0.25, -0.2) is 9.07 Å². The van der Waals surface area contributed by atoms with Crippen LogP contribution in [-0.2, 0) is 0 Å². The molecule has 3 nitrogen and oxygen atoms in total. The van der Waals surface area contributed by atoms with Crippen molar-refractivity contribution < 1.29 is 9.18 Å². The molecular formula is C16H11FN2OS3. The van der Waals surface area contributed by atoms with E-state index in [0.29, 0.717) is 25.3 Å². The molecule has 0 radical (unpaired) electrons. The van der Waals surface area contributed by atoms with E-state index in [4.69, 9.17) is 12.2 Å². The van der Waals surface area contributed by atoms with Crippen LogP contribution in [0.3, 0.4) is 0 Å². The summed E-state index contributed by atoms with van der Waals surface area (Å²) in [5.74, 6) is 0.0408. The van der Waals surface area contributed by atoms with E-state index in [2.05, 4.69) is 5.10 Å². The fourth-order valence-corrected chi connectivity index (χ4v) is 4.15. The van der Waals surface area contributed by atoms with Crippen LogP contribution in [0.2, 0.25) is 0 Å². The van der Waals surface area contributed by atoms with Gasteiger partial charge in [0.15, 0.2) is 14.1 Å². The Kier molecular flexibility index (Phi) is 5.00. The van der Waals surface area contributed by atoms with Crippen LogP contribution < -0.4 is 0 Å². The van der Waals surface area contributed by atoms with Gasteiger partial charge in [-0.1, -0.05) is 53.4 Å². The standard InChI is InChI=1S/C16H11FN2OS3/c17-12-6-8-13(9-7-12)19-16(21)23-15(18-19)22-10-14(20)11-4-2-1-3-5-11/h1-9H,10H2. The summed E-state index contributed by atoms with van der Waals surface area (Å²) in [6.45, 7) is 0. The van der Waals surface area contributed by atoms with Crippen LogP contribution in [0.4, 0.5) is 4.39 Å². The van der Waals surface area contributed by atoms with E-state index >= 15 is 0 Å². The molecule has 0 aliphatic rings. The van der Waals surface area contributed by atoms with Gasteiger partial charge in [0.2, 0.25) is 0 Å². The third-order valence-electron chi connectivity index (χ3n) is 3.02. The number of ketones is 1. The number of carbonyl (C=O) groups excluding carboxylic acids is 1. The second-order valence-electron chi connectivity index (χ2n) is 4.60. The topological polar surface area (TPSA) is 34.9 Å². The highest BCUT2D eigenvalue weighted by molar-refractivity contribution is 8.01. The number of hydrogen-bond donors (Lipinski definition) is 0. The number of nitrogens with zero attached hydrogens (tertiary/aromatic N) is 2. The van der Waals surface area contributed by atoms with Crippen LogP contribution in [-0.4, -0.2) is 21.3 Å². The normalized spacial score (nSPS) is 10.7. The Morgan fingerprint density at radius 2 is 1.87 bits per heavy atom. The van der Waals surface area contributed by atoms with Crippen molar-refractivity contribution in [2.24, 2.45) is 0 Å². The van der Waals surface area contributed by atoms with Gasteiger partial charge in [0, 0.05) is 5.56 Å². The molecule has 0 fully saturated rings. The van der Waals surface area contributed by atoms with E-state index in [1.165, 1.54) is 35.2 Å². The fraction of sp³-hybridized carbons (Fsp3) is 0.0625. The Labute approximate surface area is 145 Å². The zero-order valence-electron chi connectivity index (χ0n) is 11.8. The van der Waals surface area contributed by atoms with Crippen molar-refractivity contribution in [3.05, 3.63) is 69.9 Å². The molecule has 116 valence electrons. The molecule has 2 aromatic carbocycles. The molecule has 0 spiro atoms. The molecule has 23 heavy (non-hydrogen) atoms. The number of hydrogen-bond acceptors (Lipinski definition) is 5. The summed E-state index contributed by atoms with van der Waals surface area (Å²) >= 11 is 7.97. The van der Waals surface area contributed by atoms with Crippen molar-refractivity contribution in [1.82, 2.24) is 9.78 Å². The molecule has 7 heteroatoms. The van der Waals surface area contributed by atoms with Gasteiger partial charge in [-0.3, -0.25) is 4.79 Å². The average Bonchev–Trinajstić information content (AvgIpc) is 2.95. The average molecular weight is 362 g/mol. The van der Waals surface area contributed by atoms with Crippen molar-refractivity contribution in [3.8, 4) is 5.69 Å². The first-order chi connectivity index (χ1) is 11.1. The van der Waals surface area contributed by atoms with Crippen LogP contribution in [0.15, 0.2) is 58.9 Å². The van der Waals surface area contributed by atoms with Gasteiger partial charge in [-0.2, -0.15) is 0 Å². The van der Waals surface area contributed by atoms with Crippen LogP contribution in [0.25, 0.3) is 5.69 Å². The highest BCUT2D eigenvalue weighted by Gasteiger charge is 2.10. The molecule has 0 saturated carbocycles. The van der Waals surface area contributed by atoms with Crippen LogP contribution in [0, 0.1) is 9.77 Å².